The van der Waals surface area contributed by atoms with Crippen molar-refractivity contribution >= 4 is 11.4 Å². The number of nitrogens with one attached hydrogen (secondary N) is 1. The normalized spacial score (nSPS) is 9.88. The third-order valence-electron chi connectivity index (χ3n) is 2.55. The number of hydrogen-bond donors (Lipinski definition) is 2. The van der Waals surface area contributed by atoms with Crippen LogP contribution in [0, 0.1) is 0 Å². The lowest BCUT2D eigenvalue weighted by atomic mass is 10.1. The molecule has 0 unspecified atom stereocenters. The van der Waals surface area contributed by atoms with Crippen LogP contribution in [-0.2, 0) is 6.42 Å². The third-order valence-corrected chi connectivity index (χ3v) is 2.55. The van der Waals surface area contributed by atoms with E-state index in [2.05, 4.69) is 11.9 Å². The average Bonchev–Trinajstić information content (AvgIpc) is 2.35. The number of anilines is 2. The molecular weight excluding hydrogens is 210 g/mol. The molecule has 0 saturated heterocycles. The lowest BCUT2D eigenvalue weighted by molar-refractivity contribution is 0.470. The second-order valence-corrected chi connectivity index (χ2v) is 3.79. The van der Waals surface area contributed by atoms with Crippen LogP contribution in [0.4, 0.5) is 11.4 Å². The maximum Gasteiger partial charge on any atom is 0.121 e. The van der Waals surface area contributed by atoms with Crippen molar-refractivity contribution in [2.45, 2.75) is 6.42 Å². The van der Waals surface area contributed by atoms with Crippen molar-refractivity contribution in [3.05, 3.63) is 66.7 Å². The van der Waals surface area contributed by atoms with E-state index in [1.807, 2.05) is 42.5 Å². The summed E-state index contributed by atoms with van der Waals surface area (Å²) in [6.07, 6.45) is 2.42. The molecule has 0 heterocycles. The summed E-state index contributed by atoms with van der Waals surface area (Å²) in [6, 6.07) is 15.4. The summed E-state index contributed by atoms with van der Waals surface area (Å²) in [7, 11) is 0. The first-order valence-corrected chi connectivity index (χ1v) is 5.55. The summed E-state index contributed by atoms with van der Waals surface area (Å²) in [5.74, 6) is 0.297. The van der Waals surface area contributed by atoms with Gasteiger partial charge in [0, 0.05) is 16.9 Å². The summed E-state index contributed by atoms with van der Waals surface area (Å²) in [4.78, 5) is 0. The van der Waals surface area contributed by atoms with Crippen molar-refractivity contribution in [1.29, 1.82) is 0 Å². The third kappa shape index (κ3) is 2.67. The Morgan fingerprint density at radius 3 is 2.53 bits per heavy atom. The van der Waals surface area contributed by atoms with E-state index >= 15 is 0 Å². The minimum atomic E-state index is 0.297. The molecule has 0 saturated carbocycles. The summed E-state index contributed by atoms with van der Waals surface area (Å²) in [5, 5.41) is 13.1. The van der Waals surface area contributed by atoms with Crippen molar-refractivity contribution in [2.75, 3.05) is 5.32 Å². The molecule has 2 nitrogen and oxygen atoms in total. The van der Waals surface area contributed by atoms with Gasteiger partial charge >= 0.3 is 0 Å². The number of aromatic hydroxyl groups is 1. The Hall–Kier alpha value is -2.22. The molecule has 0 atom stereocenters. The SMILES string of the molecule is C=CCc1c(O)cccc1Nc1ccccc1. The quantitative estimate of drug-likeness (QED) is 0.774. The van der Waals surface area contributed by atoms with Gasteiger partial charge in [-0.2, -0.15) is 0 Å². The predicted molar refractivity (Wildman–Crippen MR) is 71.7 cm³/mol. The van der Waals surface area contributed by atoms with Gasteiger partial charge in [-0.25, -0.2) is 0 Å². The molecule has 2 rings (SSSR count). The van der Waals surface area contributed by atoms with Crippen molar-refractivity contribution in [1.82, 2.24) is 0 Å². The Balaban J connectivity index is 2.32. The van der Waals surface area contributed by atoms with E-state index in [0.29, 0.717) is 12.2 Å². The van der Waals surface area contributed by atoms with Gasteiger partial charge in [-0.3, -0.25) is 0 Å². The van der Waals surface area contributed by atoms with Crippen LogP contribution < -0.4 is 5.32 Å². The smallest absolute Gasteiger partial charge is 0.121 e. The largest absolute Gasteiger partial charge is 0.508 e. The predicted octanol–water partition coefficient (Wildman–Crippen LogP) is 3.86. The zero-order valence-electron chi connectivity index (χ0n) is 9.56. The first-order chi connectivity index (χ1) is 8.31. The van der Waals surface area contributed by atoms with E-state index < -0.39 is 0 Å². The highest BCUT2D eigenvalue weighted by molar-refractivity contribution is 5.66. The number of rotatable bonds is 4. The highest BCUT2D eigenvalue weighted by Gasteiger charge is 2.05. The zero-order chi connectivity index (χ0) is 12.1. The zero-order valence-corrected chi connectivity index (χ0v) is 9.56. The Bertz CT molecular complexity index is 506. The number of phenolic OH excluding ortho intramolecular Hbond substituents is 1. The van der Waals surface area contributed by atoms with Crippen molar-refractivity contribution < 1.29 is 5.11 Å². The number of hydrogen-bond acceptors (Lipinski definition) is 2. The van der Waals surface area contributed by atoms with Crippen LogP contribution in [0.15, 0.2) is 61.2 Å². The van der Waals surface area contributed by atoms with Crippen LogP contribution >= 0.6 is 0 Å². The summed E-state index contributed by atoms with van der Waals surface area (Å²) < 4.78 is 0. The molecule has 2 aromatic carbocycles. The van der Waals surface area contributed by atoms with E-state index in [1.165, 1.54) is 0 Å². The molecule has 0 radical (unpaired) electrons. The molecule has 2 heteroatoms. The Labute approximate surface area is 101 Å². The van der Waals surface area contributed by atoms with Crippen molar-refractivity contribution in [3.8, 4) is 5.75 Å². The number of para-hydroxylation sites is 1. The van der Waals surface area contributed by atoms with Gasteiger partial charge in [0.2, 0.25) is 0 Å². The summed E-state index contributed by atoms with van der Waals surface area (Å²) >= 11 is 0. The van der Waals surface area contributed by atoms with Gasteiger partial charge in [0.05, 0.1) is 0 Å². The summed E-state index contributed by atoms with van der Waals surface area (Å²) in [6.45, 7) is 3.71. The van der Waals surface area contributed by atoms with Crippen LogP contribution in [0.2, 0.25) is 0 Å². The fourth-order valence-electron chi connectivity index (χ4n) is 1.73. The lowest BCUT2D eigenvalue weighted by Crippen LogP contribution is -1.95. The van der Waals surface area contributed by atoms with E-state index in [-0.39, 0.29) is 0 Å². The first kappa shape index (κ1) is 11.3. The molecular formula is C15H15NO. The molecule has 17 heavy (non-hydrogen) atoms. The monoisotopic (exact) mass is 225 g/mol. The first-order valence-electron chi connectivity index (χ1n) is 5.55. The Morgan fingerprint density at radius 1 is 1.06 bits per heavy atom. The van der Waals surface area contributed by atoms with Gasteiger partial charge in [-0.05, 0) is 30.7 Å². The van der Waals surface area contributed by atoms with E-state index in [4.69, 9.17) is 0 Å². The second-order valence-electron chi connectivity index (χ2n) is 3.79. The number of benzene rings is 2. The van der Waals surface area contributed by atoms with E-state index in [1.54, 1.807) is 12.1 Å². The molecule has 0 aliphatic carbocycles. The fraction of sp³-hybridized carbons (Fsp3) is 0.0667. The highest BCUT2D eigenvalue weighted by Crippen LogP contribution is 2.28. The van der Waals surface area contributed by atoms with Crippen LogP contribution in [-0.4, -0.2) is 5.11 Å². The molecule has 0 aliphatic heterocycles. The van der Waals surface area contributed by atoms with Gasteiger partial charge < -0.3 is 10.4 Å². The van der Waals surface area contributed by atoms with Crippen molar-refractivity contribution in [3.63, 3.8) is 0 Å². The van der Waals surface area contributed by atoms with Gasteiger partial charge in [-0.15, -0.1) is 6.58 Å². The topological polar surface area (TPSA) is 32.3 Å². The van der Waals surface area contributed by atoms with Crippen LogP contribution in [0.1, 0.15) is 5.56 Å². The van der Waals surface area contributed by atoms with Crippen LogP contribution in [0.25, 0.3) is 0 Å². The van der Waals surface area contributed by atoms with Crippen LogP contribution in [0.3, 0.4) is 0 Å². The fourth-order valence-corrected chi connectivity index (χ4v) is 1.73. The molecule has 0 bridgehead atoms. The van der Waals surface area contributed by atoms with Gasteiger partial charge in [0.25, 0.3) is 0 Å². The molecule has 2 N–H and O–H groups in total. The molecule has 0 spiro atoms. The van der Waals surface area contributed by atoms with Gasteiger partial charge in [0.15, 0.2) is 0 Å². The maximum atomic E-state index is 9.81. The summed E-state index contributed by atoms with van der Waals surface area (Å²) in [5.41, 5.74) is 2.78. The minimum Gasteiger partial charge on any atom is -0.508 e. The molecule has 0 fully saturated rings. The highest BCUT2D eigenvalue weighted by atomic mass is 16.3. The Kier molecular flexibility index (Phi) is 3.46. The van der Waals surface area contributed by atoms with Gasteiger partial charge in [-0.1, -0.05) is 30.3 Å². The lowest BCUT2D eigenvalue weighted by Gasteiger charge is -2.12. The van der Waals surface area contributed by atoms with Gasteiger partial charge in [0.1, 0.15) is 5.75 Å². The minimum absolute atomic E-state index is 0.297. The Morgan fingerprint density at radius 2 is 1.82 bits per heavy atom. The number of phenols is 1. The second kappa shape index (κ2) is 5.21. The molecule has 0 amide bonds. The molecule has 2 aromatic rings. The van der Waals surface area contributed by atoms with Crippen LogP contribution in [0.5, 0.6) is 5.75 Å². The van der Waals surface area contributed by atoms with Crippen molar-refractivity contribution in [2.24, 2.45) is 0 Å². The molecule has 0 aromatic heterocycles. The average molecular weight is 225 g/mol. The maximum absolute atomic E-state index is 9.81. The van der Waals surface area contributed by atoms with E-state index in [0.717, 1.165) is 16.9 Å². The number of allylic oxidation sites excluding steroid dienone is 1. The molecule has 0 aliphatic rings. The van der Waals surface area contributed by atoms with E-state index in [9.17, 15) is 5.11 Å². The standard InChI is InChI=1S/C15H15NO/c1-2-7-13-14(10-6-11-15(13)17)16-12-8-4-3-5-9-12/h2-6,8-11,16-17H,1,7H2. The molecule has 86 valence electrons.